The van der Waals surface area contributed by atoms with Crippen molar-refractivity contribution in [2.24, 2.45) is 5.92 Å². The number of benzene rings is 1. The highest BCUT2D eigenvalue weighted by atomic mass is 16.1. The molecule has 1 aromatic rings. The summed E-state index contributed by atoms with van der Waals surface area (Å²) in [6.45, 7) is 3.03. The van der Waals surface area contributed by atoms with Crippen LogP contribution >= 0.6 is 0 Å². The fraction of sp³-hybridized carbons (Fsp3) is 0.533. The van der Waals surface area contributed by atoms with Gasteiger partial charge in [0.25, 0.3) is 5.91 Å². The molecule has 1 saturated heterocycles. The number of piperidine rings is 1. The van der Waals surface area contributed by atoms with Crippen molar-refractivity contribution < 1.29 is 4.79 Å². The molecule has 4 heteroatoms. The van der Waals surface area contributed by atoms with E-state index < -0.39 is 0 Å². The lowest BCUT2D eigenvalue weighted by Crippen LogP contribution is -2.39. The van der Waals surface area contributed by atoms with Crippen molar-refractivity contribution in [2.75, 3.05) is 39.0 Å². The predicted molar refractivity (Wildman–Crippen MR) is 78.5 cm³/mol. The van der Waals surface area contributed by atoms with Crippen molar-refractivity contribution in [1.82, 2.24) is 10.2 Å². The third-order valence-electron chi connectivity index (χ3n) is 3.71. The zero-order valence-corrected chi connectivity index (χ0v) is 11.8. The Balaban J connectivity index is 1.83. The summed E-state index contributed by atoms with van der Waals surface area (Å²) < 4.78 is 0. The van der Waals surface area contributed by atoms with Crippen LogP contribution in [0, 0.1) is 5.92 Å². The SMILES string of the molecule is CNc1ccc(C(=O)NCC2CCCN(C)C2)cc1. The molecule has 1 fully saturated rings. The first-order valence-corrected chi connectivity index (χ1v) is 6.93. The van der Waals surface area contributed by atoms with Crippen molar-refractivity contribution >= 4 is 11.6 Å². The summed E-state index contributed by atoms with van der Waals surface area (Å²) in [5.41, 5.74) is 1.74. The molecule has 0 aliphatic carbocycles. The average molecular weight is 261 g/mol. The van der Waals surface area contributed by atoms with E-state index in [-0.39, 0.29) is 5.91 Å². The summed E-state index contributed by atoms with van der Waals surface area (Å²) in [4.78, 5) is 14.4. The van der Waals surface area contributed by atoms with E-state index >= 15 is 0 Å². The van der Waals surface area contributed by atoms with Gasteiger partial charge in [-0.05, 0) is 56.6 Å². The first kappa shape index (κ1) is 13.9. The van der Waals surface area contributed by atoms with Gasteiger partial charge in [0.2, 0.25) is 0 Å². The van der Waals surface area contributed by atoms with Gasteiger partial charge in [-0.3, -0.25) is 4.79 Å². The number of anilines is 1. The first-order chi connectivity index (χ1) is 9.19. The summed E-state index contributed by atoms with van der Waals surface area (Å²) >= 11 is 0. The lowest BCUT2D eigenvalue weighted by atomic mass is 9.98. The number of likely N-dealkylation sites (tertiary alicyclic amines) is 1. The van der Waals surface area contributed by atoms with Crippen molar-refractivity contribution in [2.45, 2.75) is 12.8 Å². The molecule has 0 bridgehead atoms. The molecule has 2 rings (SSSR count). The van der Waals surface area contributed by atoms with E-state index in [1.807, 2.05) is 31.3 Å². The molecule has 0 radical (unpaired) electrons. The maximum Gasteiger partial charge on any atom is 0.251 e. The molecular formula is C15H23N3O. The molecule has 1 atom stereocenters. The second-order valence-corrected chi connectivity index (χ2v) is 5.31. The van der Waals surface area contributed by atoms with E-state index in [0.717, 1.165) is 24.3 Å². The predicted octanol–water partition coefficient (Wildman–Crippen LogP) is 1.80. The highest BCUT2D eigenvalue weighted by Crippen LogP contribution is 2.14. The fourth-order valence-electron chi connectivity index (χ4n) is 2.57. The molecule has 0 aromatic heterocycles. The molecule has 2 N–H and O–H groups in total. The summed E-state index contributed by atoms with van der Waals surface area (Å²) in [5, 5.41) is 6.09. The normalized spacial score (nSPS) is 20.0. The fourth-order valence-corrected chi connectivity index (χ4v) is 2.57. The smallest absolute Gasteiger partial charge is 0.251 e. The Kier molecular flexibility index (Phi) is 4.80. The maximum absolute atomic E-state index is 12.0. The molecule has 1 aliphatic rings. The number of hydrogen-bond donors (Lipinski definition) is 2. The Morgan fingerprint density at radius 1 is 1.37 bits per heavy atom. The van der Waals surface area contributed by atoms with Gasteiger partial charge in [-0.15, -0.1) is 0 Å². The summed E-state index contributed by atoms with van der Waals surface area (Å²) in [6, 6.07) is 7.55. The number of amides is 1. The number of carbonyl (C=O) groups is 1. The number of carbonyl (C=O) groups excluding carboxylic acids is 1. The Labute approximate surface area is 115 Å². The van der Waals surface area contributed by atoms with Crippen LogP contribution in [-0.4, -0.2) is 44.5 Å². The second kappa shape index (κ2) is 6.57. The van der Waals surface area contributed by atoms with E-state index in [4.69, 9.17) is 0 Å². The number of nitrogens with one attached hydrogen (secondary N) is 2. The van der Waals surface area contributed by atoms with Crippen molar-refractivity contribution in [3.05, 3.63) is 29.8 Å². The van der Waals surface area contributed by atoms with E-state index in [1.165, 1.54) is 19.4 Å². The van der Waals surface area contributed by atoms with Crippen LogP contribution in [0.3, 0.4) is 0 Å². The van der Waals surface area contributed by atoms with E-state index in [9.17, 15) is 4.79 Å². The van der Waals surface area contributed by atoms with Gasteiger partial charge in [0.05, 0.1) is 0 Å². The zero-order valence-electron chi connectivity index (χ0n) is 11.8. The molecule has 0 saturated carbocycles. The van der Waals surface area contributed by atoms with E-state index in [0.29, 0.717) is 5.92 Å². The first-order valence-electron chi connectivity index (χ1n) is 6.93. The van der Waals surface area contributed by atoms with Gasteiger partial charge in [0.1, 0.15) is 0 Å². The average Bonchev–Trinajstić information content (AvgIpc) is 2.45. The Morgan fingerprint density at radius 3 is 2.74 bits per heavy atom. The highest BCUT2D eigenvalue weighted by Gasteiger charge is 2.17. The van der Waals surface area contributed by atoms with E-state index in [2.05, 4.69) is 22.6 Å². The third kappa shape index (κ3) is 3.96. The molecule has 0 spiro atoms. The lowest BCUT2D eigenvalue weighted by molar-refractivity contribution is 0.0937. The third-order valence-corrected chi connectivity index (χ3v) is 3.71. The summed E-state index contributed by atoms with van der Waals surface area (Å²) in [5.74, 6) is 0.607. The van der Waals surface area contributed by atoms with Gasteiger partial charge < -0.3 is 15.5 Å². The number of hydrogen-bond acceptors (Lipinski definition) is 3. The van der Waals surface area contributed by atoms with Crippen LogP contribution in [0.4, 0.5) is 5.69 Å². The van der Waals surface area contributed by atoms with Gasteiger partial charge in [0, 0.05) is 31.4 Å². The van der Waals surface area contributed by atoms with Crippen LogP contribution in [0.1, 0.15) is 23.2 Å². The molecule has 1 aliphatic heterocycles. The summed E-state index contributed by atoms with van der Waals surface area (Å²) in [6.07, 6.45) is 2.44. The zero-order chi connectivity index (χ0) is 13.7. The van der Waals surface area contributed by atoms with Gasteiger partial charge in [-0.2, -0.15) is 0 Å². The lowest BCUT2D eigenvalue weighted by Gasteiger charge is -2.29. The monoisotopic (exact) mass is 261 g/mol. The number of nitrogens with zero attached hydrogens (tertiary/aromatic N) is 1. The van der Waals surface area contributed by atoms with Gasteiger partial charge in [-0.1, -0.05) is 0 Å². The minimum atomic E-state index is 0.0240. The van der Waals surface area contributed by atoms with Crippen molar-refractivity contribution in [3.8, 4) is 0 Å². The van der Waals surface area contributed by atoms with Crippen LogP contribution in [0.25, 0.3) is 0 Å². The minimum absolute atomic E-state index is 0.0240. The Hall–Kier alpha value is -1.55. The Bertz CT molecular complexity index is 416. The van der Waals surface area contributed by atoms with E-state index in [1.54, 1.807) is 0 Å². The molecule has 19 heavy (non-hydrogen) atoms. The van der Waals surface area contributed by atoms with Gasteiger partial charge >= 0.3 is 0 Å². The molecule has 1 heterocycles. The Morgan fingerprint density at radius 2 is 2.11 bits per heavy atom. The standard InChI is InChI=1S/C15H23N3O/c1-16-14-7-5-13(6-8-14)15(19)17-10-12-4-3-9-18(2)11-12/h5-8,12,16H,3-4,9-11H2,1-2H3,(H,17,19). The molecule has 1 aromatic carbocycles. The van der Waals surface area contributed by atoms with Crippen LogP contribution in [-0.2, 0) is 0 Å². The summed E-state index contributed by atoms with van der Waals surface area (Å²) in [7, 11) is 4.01. The van der Waals surface area contributed by atoms with Crippen LogP contribution < -0.4 is 10.6 Å². The van der Waals surface area contributed by atoms with Crippen molar-refractivity contribution in [1.29, 1.82) is 0 Å². The van der Waals surface area contributed by atoms with Gasteiger partial charge in [-0.25, -0.2) is 0 Å². The molecule has 4 nitrogen and oxygen atoms in total. The van der Waals surface area contributed by atoms with Crippen molar-refractivity contribution in [3.63, 3.8) is 0 Å². The molecule has 104 valence electrons. The van der Waals surface area contributed by atoms with Crippen LogP contribution in [0.15, 0.2) is 24.3 Å². The minimum Gasteiger partial charge on any atom is -0.388 e. The second-order valence-electron chi connectivity index (χ2n) is 5.31. The molecule has 1 unspecified atom stereocenters. The molecular weight excluding hydrogens is 238 g/mol. The quantitative estimate of drug-likeness (QED) is 0.868. The highest BCUT2D eigenvalue weighted by molar-refractivity contribution is 5.94. The maximum atomic E-state index is 12.0. The largest absolute Gasteiger partial charge is 0.388 e. The number of rotatable bonds is 4. The van der Waals surface area contributed by atoms with Gasteiger partial charge in [0.15, 0.2) is 0 Å². The topological polar surface area (TPSA) is 44.4 Å². The molecule has 1 amide bonds. The van der Waals surface area contributed by atoms with Crippen LogP contribution in [0.2, 0.25) is 0 Å². The van der Waals surface area contributed by atoms with Crippen LogP contribution in [0.5, 0.6) is 0 Å².